The molecule has 1 aliphatic carbocycles. The third-order valence-corrected chi connectivity index (χ3v) is 4.85. The van der Waals surface area contributed by atoms with Gasteiger partial charge in [-0.15, -0.1) is 0 Å². The molecule has 6 heteroatoms. The fourth-order valence-corrected chi connectivity index (χ4v) is 3.71. The predicted molar refractivity (Wildman–Crippen MR) is 76.5 cm³/mol. The number of aliphatic carboxylic acids is 1. The highest BCUT2D eigenvalue weighted by atomic mass is 35.5. The summed E-state index contributed by atoms with van der Waals surface area (Å²) in [6.45, 7) is 0. The van der Waals surface area contributed by atoms with Crippen LogP contribution in [-0.4, -0.2) is 17.1 Å². The van der Waals surface area contributed by atoms with Gasteiger partial charge in [0.05, 0.1) is 20.8 Å². The quantitative estimate of drug-likeness (QED) is 0.603. The summed E-state index contributed by atoms with van der Waals surface area (Å²) in [5.41, 5.74) is 1.38. The van der Waals surface area contributed by atoms with Gasteiger partial charge < -0.3 is 10.4 Å². The van der Waals surface area contributed by atoms with Crippen molar-refractivity contribution >= 4 is 46.5 Å². The van der Waals surface area contributed by atoms with E-state index in [1.807, 2.05) is 12.2 Å². The van der Waals surface area contributed by atoms with Crippen LogP contribution in [0.4, 0.5) is 5.69 Å². The van der Waals surface area contributed by atoms with E-state index in [0.29, 0.717) is 27.2 Å². The van der Waals surface area contributed by atoms with Gasteiger partial charge >= 0.3 is 5.97 Å². The Labute approximate surface area is 125 Å². The van der Waals surface area contributed by atoms with Crippen molar-refractivity contribution in [3.63, 3.8) is 0 Å². The topological polar surface area (TPSA) is 49.3 Å². The molecule has 3 nitrogen and oxygen atoms in total. The summed E-state index contributed by atoms with van der Waals surface area (Å²) in [4.78, 5) is 11.4. The van der Waals surface area contributed by atoms with E-state index >= 15 is 0 Å². The molecule has 3 rings (SSSR count). The molecule has 0 amide bonds. The highest BCUT2D eigenvalue weighted by Crippen LogP contribution is 2.51. The van der Waals surface area contributed by atoms with E-state index in [1.54, 1.807) is 0 Å². The van der Waals surface area contributed by atoms with E-state index < -0.39 is 12.0 Å². The summed E-state index contributed by atoms with van der Waals surface area (Å²) in [6.07, 6.45) is 4.67. The van der Waals surface area contributed by atoms with Gasteiger partial charge in [-0.05, 0) is 12.5 Å². The van der Waals surface area contributed by atoms with Crippen LogP contribution in [0.5, 0.6) is 0 Å². The number of carboxylic acid groups (broad SMARTS) is 1. The summed E-state index contributed by atoms with van der Waals surface area (Å²) in [6, 6.07) is 0.872. The maximum atomic E-state index is 11.4. The SMILES string of the molecule is O=C(O)[C@@H]1Nc2c(Cl)cc(Cl)c(Cl)c2[C@@H]2C=CC[C@@H]12. The molecular weight excluding hydrogens is 309 g/mol. The van der Waals surface area contributed by atoms with E-state index in [-0.39, 0.29) is 11.8 Å². The lowest BCUT2D eigenvalue weighted by molar-refractivity contribution is -0.139. The van der Waals surface area contributed by atoms with Crippen LogP contribution in [0, 0.1) is 5.92 Å². The molecule has 19 heavy (non-hydrogen) atoms. The summed E-state index contributed by atoms with van der Waals surface area (Å²) >= 11 is 18.5. The molecule has 0 radical (unpaired) electrons. The first-order chi connectivity index (χ1) is 9.00. The zero-order valence-corrected chi connectivity index (χ0v) is 11.9. The number of nitrogens with one attached hydrogen (secondary N) is 1. The third kappa shape index (κ3) is 1.92. The van der Waals surface area contributed by atoms with Crippen molar-refractivity contribution in [2.75, 3.05) is 5.32 Å². The Morgan fingerprint density at radius 2 is 2.05 bits per heavy atom. The van der Waals surface area contributed by atoms with Gasteiger partial charge in [0, 0.05) is 17.4 Å². The van der Waals surface area contributed by atoms with E-state index in [9.17, 15) is 9.90 Å². The van der Waals surface area contributed by atoms with Crippen molar-refractivity contribution < 1.29 is 9.90 Å². The average Bonchev–Trinajstić information content (AvgIpc) is 2.82. The maximum absolute atomic E-state index is 11.4. The Morgan fingerprint density at radius 3 is 2.74 bits per heavy atom. The second-order valence-corrected chi connectivity index (χ2v) is 5.95. The number of allylic oxidation sites excluding steroid dienone is 2. The fourth-order valence-electron chi connectivity index (χ4n) is 2.91. The number of hydrogen-bond acceptors (Lipinski definition) is 2. The van der Waals surface area contributed by atoms with Crippen LogP contribution in [0.2, 0.25) is 15.1 Å². The molecule has 2 N–H and O–H groups in total. The second kappa shape index (κ2) is 4.58. The summed E-state index contributed by atoms with van der Waals surface area (Å²) < 4.78 is 0. The standard InChI is InChI=1S/C13H10Cl3NO2/c14-7-4-8(15)12-9(10(7)16)5-2-1-3-6(5)11(17-12)13(18)19/h1-2,4-6,11,17H,3H2,(H,18,19)/t5-,6-,11-/m1/s1. The second-order valence-electron chi connectivity index (χ2n) is 4.76. The number of anilines is 1. The van der Waals surface area contributed by atoms with Gasteiger partial charge in [0.15, 0.2) is 0 Å². The normalized spacial score (nSPS) is 27.6. The van der Waals surface area contributed by atoms with Crippen molar-refractivity contribution in [3.05, 3.63) is 38.8 Å². The van der Waals surface area contributed by atoms with Crippen molar-refractivity contribution in [2.45, 2.75) is 18.4 Å². The van der Waals surface area contributed by atoms with Gasteiger partial charge in [0.1, 0.15) is 6.04 Å². The van der Waals surface area contributed by atoms with Crippen LogP contribution in [0.15, 0.2) is 18.2 Å². The van der Waals surface area contributed by atoms with Gasteiger partial charge in [0.25, 0.3) is 0 Å². The Morgan fingerprint density at radius 1 is 1.32 bits per heavy atom. The molecule has 1 aromatic carbocycles. The molecule has 1 heterocycles. The van der Waals surface area contributed by atoms with Crippen LogP contribution >= 0.6 is 34.8 Å². The number of carboxylic acids is 1. The Hall–Kier alpha value is -0.900. The van der Waals surface area contributed by atoms with E-state index in [0.717, 1.165) is 5.56 Å². The fraction of sp³-hybridized carbons (Fsp3) is 0.308. The Bertz CT molecular complexity index is 600. The van der Waals surface area contributed by atoms with Gasteiger partial charge in [-0.1, -0.05) is 47.0 Å². The zero-order valence-electron chi connectivity index (χ0n) is 9.66. The smallest absolute Gasteiger partial charge is 0.326 e. The van der Waals surface area contributed by atoms with Crippen LogP contribution in [0.1, 0.15) is 17.9 Å². The van der Waals surface area contributed by atoms with E-state index in [1.165, 1.54) is 6.07 Å². The number of hydrogen-bond donors (Lipinski definition) is 2. The Balaban J connectivity index is 2.21. The lowest BCUT2D eigenvalue weighted by atomic mass is 9.79. The summed E-state index contributed by atoms with van der Waals surface area (Å²) in [5, 5.41) is 13.6. The first-order valence-electron chi connectivity index (χ1n) is 5.84. The largest absolute Gasteiger partial charge is 0.480 e. The van der Waals surface area contributed by atoms with Crippen LogP contribution < -0.4 is 5.32 Å². The first kappa shape index (κ1) is 13.1. The van der Waals surface area contributed by atoms with Crippen molar-refractivity contribution in [1.29, 1.82) is 0 Å². The van der Waals surface area contributed by atoms with Crippen LogP contribution in [-0.2, 0) is 4.79 Å². The molecule has 0 aromatic heterocycles. The third-order valence-electron chi connectivity index (χ3n) is 3.75. The van der Waals surface area contributed by atoms with Crippen molar-refractivity contribution in [1.82, 2.24) is 0 Å². The molecule has 0 unspecified atom stereocenters. The number of benzene rings is 1. The van der Waals surface area contributed by atoms with Crippen LogP contribution in [0.3, 0.4) is 0 Å². The molecule has 1 aromatic rings. The lowest BCUT2D eigenvalue weighted by Gasteiger charge is -2.36. The highest BCUT2D eigenvalue weighted by molar-refractivity contribution is 6.44. The molecule has 0 saturated heterocycles. The minimum absolute atomic E-state index is 0.0546. The lowest BCUT2D eigenvalue weighted by Crippen LogP contribution is -2.42. The highest BCUT2D eigenvalue weighted by Gasteiger charge is 2.42. The molecule has 2 aliphatic rings. The molecule has 0 spiro atoms. The van der Waals surface area contributed by atoms with Gasteiger partial charge in [-0.25, -0.2) is 4.79 Å². The van der Waals surface area contributed by atoms with Crippen molar-refractivity contribution in [3.8, 4) is 0 Å². The van der Waals surface area contributed by atoms with Crippen LogP contribution in [0.25, 0.3) is 0 Å². The predicted octanol–water partition coefficient (Wildman–Crippen LogP) is 4.19. The summed E-state index contributed by atoms with van der Waals surface area (Å²) in [5.74, 6) is -0.996. The minimum Gasteiger partial charge on any atom is -0.480 e. The number of halogens is 3. The molecular formula is C13H10Cl3NO2. The number of rotatable bonds is 1. The molecule has 0 bridgehead atoms. The average molecular weight is 319 g/mol. The molecule has 0 saturated carbocycles. The maximum Gasteiger partial charge on any atom is 0.326 e. The molecule has 1 aliphatic heterocycles. The summed E-state index contributed by atoms with van der Waals surface area (Å²) in [7, 11) is 0. The van der Waals surface area contributed by atoms with Crippen molar-refractivity contribution in [2.24, 2.45) is 5.92 Å². The van der Waals surface area contributed by atoms with E-state index in [2.05, 4.69) is 5.32 Å². The monoisotopic (exact) mass is 317 g/mol. The van der Waals surface area contributed by atoms with E-state index in [4.69, 9.17) is 34.8 Å². The molecule has 3 atom stereocenters. The zero-order chi connectivity index (χ0) is 13.7. The Kier molecular flexibility index (Phi) is 3.16. The number of carbonyl (C=O) groups is 1. The number of fused-ring (bicyclic) bond motifs is 3. The first-order valence-corrected chi connectivity index (χ1v) is 6.97. The molecule has 0 fully saturated rings. The minimum atomic E-state index is -0.883. The van der Waals surface area contributed by atoms with Gasteiger partial charge in [0.2, 0.25) is 0 Å². The van der Waals surface area contributed by atoms with Gasteiger partial charge in [-0.3, -0.25) is 0 Å². The molecule has 100 valence electrons. The van der Waals surface area contributed by atoms with Gasteiger partial charge in [-0.2, -0.15) is 0 Å².